The smallest absolute Gasteiger partial charge is 0.220 e. The van der Waals surface area contributed by atoms with Gasteiger partial charge in [0.25, 0.3) is 0 Å². The molecule has 1 saturated heterocycles. The average Bonchev–Trinajstić information content (AvgIpc) is 3.27. The van der Waals surface area contributed by atoms with Gasteiger partial charge in [-0.05, 0) is 55.4 Å². The molecule has 1 aromatic carbocycles. The summed E-state index contributed by atoms with van der Waals surface area (Å²) in [5, 5.41) is 11.0. The Bertz CT molecular complexity index is 702. The van der Waals surface area contributed by atoms with Crippen LogP contribution < -0.4 is 15.5 Å². The van der Waals surface area contributed by atoms with Gasteiger partial charge in [-0.15, -0.1) is 0 Å². The van der Waals surface area contributed by atoms with Crippen LogP contribution in [0.2, 0.25) is 0 Å². The van der Waals surface area contributed by atoms with Gasteiger partial charge in [-0.25, -0.2) is 4.68 Å². The lowest BCUT2D eigenvalue weighted by molar-refractivity contribution is 0.421. The summed E-state index contributed by atoms with van der Waals surface area (Å²) in [6.07, 6.45) is 7.85. The normalized spacial score (nSPS) is 17.7. The molecule has 2 aromatic rings. The molecule has 0 spiro atoms. The van der Waals surface area contributed by atoms with Crippen LogP contribution in [0.4, 0.5) is 11.6 Å². The number of rotatable bonds is 6. The van der Waals surface area contributed by atoms with Crippen molar-refractivity contribution in [1.29, 1.82) is 0 Å². The fourth-order valence-corrected chi connectivity index (χ4v) is 4.00. The van der Waals surface area contributed by atoms with Crippen LogP contribution in [0.25, 0.3) is 0 Å². The molecule has 2 heterocycles. The van der Waals surface area contributed by atoms with E-state index in [-0.39, 0.29) is 0 Å². The highest BCUT2D eigenvalue weighted by atomic mass is 15.4. The molecule has 25 heavy (non-hydrogen) atoms. The molecule has 6 heteroatoms. The summed E-state index contributed by atoms with van der Waals surface area (Å²) >= 11 is 0. The second-order valence-electron chi connectivity index (χ2n) is 7.16. The molecular formula is C19H28N6. The van der Waals surface area contributed by atoms with E-state index in [1.54, 1.807) is 22.1 Å². The maximum absolute atomic E-state index is 4.17. The van der Waals surface area contributed by atoms with Crippen LogP contribution in [0.15, 0.2) is 24.5 Å². The van der Waals surface area contributed by atoms with Gasteiger partial charge in [0.1, 0.15) is 6.33 Å². The number of anilines is 2. The lowest BCUT2D eigenvalue weighted by Gasteiger charge is -2.34. The van der Waals surface area contributed by atoms with Crippen molar-refractivity contribution in [2.24, 2.45) is 7.05 Å². The van der Waals surface area contributed by atoms with Crippen molar-refractivity contribution in [3.63, 3.8) is 0 Å². The Morgan fingerprint density at radius 1 is 1.12 bits per heavy atom. The third kappa shape index (κ3) is 3.79. The van der Waals surface area contributed by atoms with Crippen molar-refractivity contribution in [2.45, 2.75) is 38.1 Å². The van der Waals surface area contributed by atoms with Gasteiger partial charge in [0.15, 0.2) is 0 Å². The van der Waals surface area contributed by atoms with Crippen LogP contribution in [-0.4, -0.2) is 47.0 Å². The van der Waals surface area contributed by atoms with Gasteiger partial charge in [-0.1, -0.05) is 6.07 Å². The highest BCUT2D eigenvalue weighted by Crippen LogP contribution is 2.28. The SMILES string of the molecule is Cn1ncnc1NCCNC1CCN(c2ccc3c(c2)CCC3)CC1. The number of hydrogen-bond acceptors (Lipinski definition) is 5. The van der Waals surface area contributed by atoms with Crippen LogP contribution >= 0.6 is 0 Å². The minimum absolute atomic E-state index is 0.618. The molecule has 0 amide bonds. The minimum atomic E-state index is 0.618. The molecule has 0 saturated carbocycles. The first-order valence-corrected chi connectivity index (χ1v) is 9.47. The van der Waals surface area contributed by atoms with Crippen LogP contribution in [0.5, 0.6) is 0 Å². The summed E-state index contributed by atoms with van der Waals surface area (Å²) < 4.78 is 1.76. The molecule has 1 aromatic heterocycles. The first kappa shape index (κ1) is 16.4. The monoisotopic (exact) mass is 340 g/mol. The summed E-state index contributed by atoms with van der Waals surface area (Å²) in [5.41, 5.74) is 4.56. The predicted octanol–water partition coefficient (Wildman–Crippen LogP) is 1.97. The van der Waals surface area contributed by atoms with E-state index in [0.29, 0.717) is 6.04 Å². The van der Waals surface area contributed by atoms with Crippen LogP contribution in [0, 0.1) is 0 Å². The van der Waals surface area contributed by atoms with Gasteiger partial charge in [-0.3, -0.25) is 0 Å². The maximum atomic E-state index is 4.17. The largest absolute Gasteiger partial charge is 0.371 e. The zero-order valence-electron chi connectivity index (χ0n) is 15.0. The third-order valence-corrected chi connectivity index (χ3v) is 5.49. The van der Waals surface area contributed by atoms with Gasteiger partial charge in [0.05, 0.1) is 0 Å². The number of nitrogens with one attached hydrogen (secondary N) is 2. The number of aryl methyl sites for hydroxylation is 3. The molecule has 2 aliphatic rings. The van der Waals surface area contributed by atoms with E-state index in [2.05, 4.69) is 43.8 Å². The van der Waals surface area contributed by atoms with Crippen molar-refractivity contribution in [3.05, 3.63) is 35.7 Å². The van der Waals surface area contributed by atoms with E-state index in [0.717, 1.165) is 32.1 Å². The van der Waals surface area contributed by atoms with Crippen molar-refractivity contribution < 1.29 is 0 Å². The molecular weight excluding hydrogens is 312 g/mol. The van der Waals surface area contributed by atoms with Gasteiger partial charge in [0.2, 0.25) is 5.95 Å². The van der Waals surface area contributed by atoms with Gasteiger partial charge < -0.3 is 15.5 Å². The number of fused-ring (bicyclic) bond motifs is 1. The lowest BCUT2D eigenvalue weighted by Crippen LogP contribution is -2.43. The van der Waals surface area contributed by atoms with Crippen molar-refractivity contribution in [1.82, 2.24) is 20.1 Å². The standard InChI is InChI=1S/C19H28N6/c1-24-19(22-14-23-24)21-10-9-20-17-7-11-25(12-8-17)18-6-5-15-3-2-4-16(15)13-18/h5-6,13-14,17,20H,2-4,7-12H2,1H3,(H,21,22,23). The molecule has 1 aliphatic heterocycles. The van der Waals surface area contributed by atoms with Gasteiger partial charge in [0, 0.05) is 45.0 Å². The highest BCUT2D eigenvalue weighted by molar-refractivity contribution is 5.52. The molecule has 1 fully saturated rings. The zero-order valence-corrected chi connectivity index (χ0v) is 15.0. The van der Waals surface area contributed by atoms with E-state index >= 15 is 0 Å². The Kier molecular flexibility index (Phi) is 4.88. The molecule has 0 atom stereocenters. The summed E-state index contributed by atoms with van der Waals surface area (Å²) in [6.45, 7) is 4.12. The zero-order chi connectivity index (χ0) is 17.1. The topological polar surface area (TPSA) is 58.0 Å². The Morgan fingerprint density at radius 3 is 2.76 bits per heavy atom. The lowest BCUT2D eigenvalue weighted by atomic mass is 10.0. The number of benzene rings is 1. The molecule has 0 unspecified atom stereocenters. The van der Waals surface area contributed by atoms with E-state index in [9.17, 15) is 0 Å². The van der Waals surface area contributed by atoms with E-state index < -0.39 is 0 Å². The molecule has 0 bridgehead atoms. The van der Waals surface area contributed by atoms with Crippen molar-refractivity contribution >= 4 is 11.6 Å². The van der Waals surface area contributed by atoms with E-state index in [4.69, 9.17) is 0 Å². The second kappa shape index (κ2) is 7.44. The highest BCUT2D eigenvalue weighted by Gasteiger charge is 2.20. The molecule has 0 radical (unpaired) electrons. The Balaban J connectivity index is 1.20. The van der Waals surface area contributed by atoms with Gasteiger partial charge in [-0.2, -0.15) is 10.1 Å². The molecule has 2 N–H and O–H groups in total. The first-order chi connectivity index (χ1) is 12.3. The van der Waals surface area contributed by atoms with Crippen molar-refractivity contribution in [2.75, 3.05) is 36.4 Å². The second-order valence-corrected chi connectivity index (χ2v) is 7.16. The van der Waals surface area contributed by atoms with E-state index in [1.165, 1.54) is 37.8 Å². The summed E-state index contributed by atoms with van der Waals surface area (Å²) in [6, 6.07) is 7.72. The third-order valence-electron chi connectivity index (χ3n) is 5.49. The summed E-state index contributed by atoms with van der Waals surface area (Å²) in [7, 11) is 1.90. The number of nitrogens with zero attached hydrogens (tertiary/aromatic N) is 4. The minimum Gasteiger partial charge on any atom is -0.371 e. The van der Waals surface area contributed by atoms with Crippen molar-refractivity contribution in [3.8, 4) is 0 Å². The molecule has 4 rings (SSSR count). The van der Waals surface area contributed by atoms with Crippen LogP contribution in [-0.2, 0) is 19.9 Å². The Labute approximate surface area is 149 Å². The molecule has 134 valence electrons. The van der Waals surface area contributed by atoms with Gasteiger partial charge >= 0.3 is 0 Å². The van der Waals surface area contributed by atoms with Crippen LogP contribution in [0.1, 0.15) is 30.4 Å². The summed E-state index contributed by atoms with van der Waals surface area (Å²) in [4.78, 5) is 6.72. The average molecular weight is 340 g/mol. The quantitative estimate of drug-likeness (QED) is 0.788. The number of aromatic nitrogens is 3. The maximum Gasteiger partial charge on any atom is 0.220 e. The van der Waals surface area contributed by atoms with E-state index in [1.807, 2.05) is 7.05 Å². The fraction of sp³-hybridized carbons (Fsp3) is 0.579. The Hall–Kier alpha value is -2.08. The predicted molar refractivity (Wildman–Crippen MR) is 101 cm³/mol. The number of hydrogen-bond donors (Lipinski definition) is 2. The fourth-order valence-electron chi connectivity index (χ4n) is 4.00. The summed E-state index contributed by atoms with van der Waals surface area (Å²) in [5.74, 6) is 0.827. The first-order valence-electron chi connectivity index (χ1n) is 9.47. The Morgan fingerprint density at radius 2 is 1.96 bits per heavy atom. The molecule has 6 nitrogen and oxygen atoms in total. The number of piperidine rings is 1. The van der Waals surface area contributed by atoms with Crippen LogP contribution in [0.3, 0.4) is 0 Å². The molecule has 1 aliphatic carbocycles.